The van der Waals surface area contributed by atoms with Crippen molar-refractivity contribution in [1.29, 1.82) is 0 Å². The molecule has 0 aliphatic carbocycles. The van der Waals surface area contributed by atoms with Gasteiger partial charge in [0.05, 0.1) is 12.0 Å². The van der Waals surface area contributed by atoms with Gasteiger partial charge in [0.25, 0.3) is 0 Å². The molecule has 3 aromatic rings. The molecule has 0 saturated heterocycles. The maximum atomic E-state index is 13.0. The number of hydrogen-bond donors (Lipinski definition) is 2. The van der Waals surface area contributed by atoms with Gasteiger partial charge in [-0.25, -0.2) is 17.9 Å². The lowest BCUT2D eigenvalue weighted by Crippen LogP contribution is -2.17. The molecule has 0 bridgehead atoms. The molecular formula is C23H24BrFN2O4S. The third-order valence-electron chi connectivity index (χ3n) is 4.80. The summed E-state index contributed by atoms with van der Waals surface area (Å²) in [6.45, 7) is 1.60. The average Bonchev–Trinajstić information content (AvgIpc) is 2.77. The molecular weight excluding hydrogens is 499 g/mol. The number of primary sulfonamides is 1. The first-order valence-electron chi connectivity index (χ1n) is 9.82. The Kier molecular flexibility index (Phi) is 8.25. The van der Waals surface area contributed by atoms with Gasteiger partial charge in [-0.2, -0.15) is 0 Å². The molecule has 0 aromatic heterocycles. The van der Waals surface area contributed by atoms with Crippen molar-refractivity contribution < 1.29 is 22.3 Å². The van der Waals surface area contributed by atoms with Crippen molar-refractivity contribution in [3.05, 3.63) is 87.6 Å². The number of halogens is 2. The van der Waals surface area contributed by atoms with E-state index >= 15 is 0 Å². The van der Waals surface area contributed by atoms with E-state index in [2.05, 4.69) is 21.2 Å². The van der Waals surface area contributed by atoms with Crippen LogP contribution in [0.5, 0.6) is 11.5 Å². The largest absolute Gasteiger partial charge is 0.493 e. The van der Waals surface area contributed by atoms with Crippen LogP contribution in [0.1, 0.15) is 16.7 Å². The summed E-state index contributed by atoms with van der Waals surface area (Å²) in [7, 11) is -2.10. The predicted molar refractivity (Wildman–Crippen MR) is 125 cm³/mol. The Hall–Kier alpha value is -2.46. The molecule has 0 radical (unpaired) electrons. The summed E-state index contributed by atoms with van der Waals surface area (Å²) in [5.74, 6) is 0.902. The highest BCUT2D eigenvalue weighted by molar-refractivity contribution is 9.10. The van der Waals surface area contributed by atoms with Crippen LogP contribution in [-0.2, 0) is 29.6 Å². The van der Waals surface area contributed by atoms with E-state index in [-0.39, 0.29) is 10.7 Å². The molecule has 170 valence electrons. The van der Waals surface area contributed by atoms with E-state index in [4.69, 9.17) is 14.6 Å². The van der Waals surface area contributed by atoms with Crippen LogP contribution in [-0.4, -0.2) is 22.1 Å². The minimum atomic E-state index is -3.68. The first kappa shape index (κ1) is 24.2. The quantitative estimate of drug-likeness (QED) is 0.390. The molecule has 6 nitrogen and oxygen atoms in total. The fourth-order valence-electron chi connectivity index (χ4n) is 3.03. The summed E-state index contributed by atoms with van der Waals surface area (Å²) in [4.78, 5) is 0.104. The van der Waals surface area contributed by atoms with E-state index in [9.17, 15) is 12.8 Å². The Morgan fingerprint density at radius 3 is 2.28 bits per heavy atom. The average molecular weight is 523 g/mol. The lowest BCUT2D eigenvalue weighted by Gasteiger charge is -2.15. The van der Waals surface area contributed by atoms with Crippen LogP contribution in [0, 0.1) is 5.82 Å². The maximum absolute atomic E-state index is 13.0. The van der Waals surface area contributed by atoms with Crippen molar-refractivity contribution in [3.8, 4) is 11.5 Å². The van der Waals surface area contributed by atoms with Gasteiger partial charge < -0.3 is 14.8 Å². The van der Waals surface area contributed by atoms with Gasteiger partial charge in [0.15, 0.2) is 11.5 Å². The van der Waals surface area contributed by atoms with Crippen molar-refractivity contribution in [3.63, 3.8) is 0 Å². The van der Waals surface area contributed by atoms with Crippen LogP contribution in [0.4, 0.5) is 4.39 Å². The van der Waals surface area contributed by atoms with Crippen molar-refractivity contribution in [2.45, 2.75) is 24.5 Å². The van der Waals surface area contributed by atoms with Crippen LogP contribution >= 0.6 is 15.9 Å². The highest BCUT2D eigenvalue weighted by Gasteiger charge is 2.11. The number of nitrogens with two attached hydrogens (primary N) is 1. The molecule has 0 saturated carbocycles. The second-order valence-electron chi connectivity index (χ2n) is 7.13. The van der Waals surface area contributed by atoms with E-state index < -0.39 is 10.0 Å². The second kappa shape index (κ2) is 10.9. The number of rotatable bonds is 10. The van der Waals surface area contributed by atoms with Crippen LogP contribution in [0.3, 0.4) is 0 Å². The van der Waals surface area contributed by atoms with Gasteiger partial charge in [0.1, 0.15) is 12.4 Å². The Labute approximate surface area is 195 Å². The van der Waals surface area contributed by atoms with Gasteiger partial charge in [-0.3, -0.25) is 0 Å². The lowest BCUT2D eigenvalue weighted by molar-refractivity contribution is 0.284. The number of nitrogens with one attached hydrogen (secondary N) is 1. The predicted octanol–water partition coefficient (Wildman–Crippen LogP) is 4.16. The molecule has 3 rings (SSSR count). The fourth-order valence-corrected chi connectivity index (χ4v) is 4.01. The van der Waals surface area contributed by atoms with Crippen LogP contribution < -0.4 is 19.9 Å². The van der Waals surface area contributed by atoms with Crippen LogP contribution in [0.2, 0.25) is 0 Å². The van der Waals surface area contributed by atoms with E-state index in [1.54, 1.807) is 31.4 Å². The Morgan fingerprint density at radius 1 is 1.00 bits per heavy atom. The van der Waals surface area contributed by atoms with Gasteiger partial charge in [0, 0.05) is 11.0 Å². The van der Waals surface area contributed by atoms with E-state index in [1.165, 1.54) is 24.3 Å². The molecule has 0 fully saturated rings. The lowest BCUT2D eigenvalue weighted by atomic mass is 10.1. The summed E-state index contributed by atoms with van der Waals surface area (Å²) in [5, 5.41) is 8.48. The highest BCUT2D eigenvalue weighted by Crippen LogP contribution is 2.34. The minimum Gasteiger partial charge on any atom is -0.493 e. The molecule has 0 atom stereocenters. The number of hydrogen-bond acceptors (Lipinski definition) is 5. The minimum absolute atomic E-state index is 0.104. The summed E-state index contributed by atoms with van der Waals surface area (Å²) < 4.78 is 47.9. The first-order chi connectivity index (χ1) is 15.3. The molecule has 3 aromatic carbocycles. The van der Waals surface area contributed by atoms with E-state index in [0.717, 1.165) is 27.6 Å². The number of ether oxygens (including phenoxy) is 2. The zero-order valence-corrected chi connectivity index (χ0v) is 19.9. The van der Waals surface area contributed by atoms with Crippen LogP contribution in [0.15, 0.2) is 70.0 Å². The number of methoxy groups -OCH3 is 1. The summed E-state index contributed by atoms with van der Waals surface area (Å²) in [5.41, 5.74) is 2.86. The highest BCUT2D eigenvalue weighted by atomic mass is 79.9. The molecule has 0 aliphatic rings. The maximum Gasteiger partial charge on any atom is 0.238 e. The Bertz CT molecular complexity index is 1150. The molecule has 0 unspecified atom stereocenters. The van der Waals surface area contributed by atoms with Crippen molar-refractivity contribution in [1.82, 2.24) is 5.32 Å². The third-order valence-corrected chi connectivity index (χ3v) is 6.47. The standard InChI is InChI=1S/C23H24BrFN2O4S/c1-30-22-12-18(14-27-11-10-16-4-8-20(9-5-16)32(26,28)29)21(24)13-23(22)31-15-17-2-6-19(25)7-3-17/h2-9,12-13,27H,10-11,14-15H2,1H3,(H2,26,28,29). The molecule has 0 spiro atoms. The van der Waals surface area contributed by atoms with Crippen molar-refractivity contribution in [2.24, 2.45) is 5.14 Å². The fraction of sp³-hybridized carbons (Fsp3) is 0.217. The number of sulfonamides is 1. The SMILES string of the molecule is COc1cc(CNCCc2ccc(S(N)(=O)=O)cc2)c(Br)cc1OCc1ccc(F)cc1. The number of benzene rings is 3. The van der Waals surface area contributed by atoms with Crippen molar-refractivity contribution in [2.75, 3.05) is 13.7 Å². The summed E-state index contributed by atoms with van der Waals surface area (Å²) in [6, 6.07) is 16.4. The zero-order valence-electron chi connectivity index (χ0n) is 17.5. The monoisotopic (exact) mass is 522 g/mol. The normalized spacial score (nSPS) is 11.4. The molecule has 32 heavy (non-hydrogen) atoms. The molecule has 9 heteroatoms. The summed E-state index contributed by atoms with van der Waals surface area (Å²) >= 11 is 3.58. The van der Waals surface area contributed by atoms with Crippen molar-refractivity contribution >= 4 is 26.0 Å². The van der Waals surface area contributed by atoms with Gasteiger partial charge in [-0.05, 0) is 66.1 Å². The first-order valence-corrected chi connectivity index (χ1v) is 12.2. The van der Waals surface area contributed by atoms with Gasteiger partial charge >= 0.3 is 0 Å². The molecule has 0 aliphatic heterocycles. The molecule has 0 heterocycles. The Balaban J connectivity index is 1.55. The van der Waals surface area contributed by atoms with Gasteiger partial charge in [-0.15, -0.1) is 0 Å². The molecule has 3 N–H and O–H groups in total. The van der Waals surface area contributed by atoms with Gasteiger partial charge in [-0.1, -0.05) is 40.2 Å². The zero-order chi connectivity index (χ0) is 23.1. The third kappa shape index (κ3) is 6.77. The summed E-state index contributed by atoms with van der Waals surface area (Å²) in [6.07, 6.45) is 0.735. The second-order valence-corrected chi connectivity index (χ2v) is 9.54. The van der Waals surface area contributed by atoms with E-state index in [0.29, 0.717) is 31.2 Å². The van der Waals surface area contributed by atoms with E-state index in [1.807, 2.05) is 12.1 Å². The van der Waals surface area contributed by atoms with Gasteiger partial charge in [0.2, 0.25) is 10.0 Å². The van der Waals surface area contributed by atoms with Crippen LogP contribution in [0.25, 0.3) is 0 Å². The molecule has 0 amide bonds. The Morgan fingerprint density at radius 2 is 1.66 bits per heavy atom. The smallest absolute Gasteiger partial charge is 0.238 e. The topological polar surface area (TPSA) is 90.6 Å².